The van der Waals surface area contributed by atoms with Crippen LogP contribution in [0.4, 0.5) is 0 Å². The molecule has 2 aliphatic rings. The van der Waals surface area contributed by atoms with E-state index in [4.69, 9.17) is 9.47 Å². The molecule has 3 rings (SSSR count). The van der Waals surface area contributed by atoms with Gasteiger partial charge >= 0.3 is 5.97 Å². The highest BCUT2D eigenvalue weighted by molar-refractivity contribution is 14.1. The van der Waals surface area contributed by atoms with Crippen molar-refractivity contribution < 1.29 is 23.9 Å². The number of esters is 1. The molecule has 1 aromatic rings. The lowest BCUT2D eigenvalue weighted by atomic mass is 10.0. The molecular weight excluding hydrogens is 471 g/mol. The summed E-state index contributed by atoms with van der Waals surface area (Å²) in [4.78, 5) is 37.1. The Morgan fingerprint density at radius 3 is 2.77 bits per heavy atom. The summed E-state index contributed by atoms with van der Waals surface area (Å²) in [7, 11) is 1.58. The predicted molar refractivity (Wildman–Crippen MR) is 105 cm³/mol. The van der Waals surface area contributed by atoms with Crippen LogP contribution in [-0.2, 0) is 25.7 Å². The van der Waals surface area contributed by atoms with E-state index in [-0.39, 0.29) is 17.9 Å². The number of hydrogen-bond donors (Lipinski definition) is 1. The van der Waals surface area contributed by atoms with Gasteiger partial charge in [-0.1, -0.05) is 34.7 Å². The van der Waals surface area contributed by atoms with Gasteiger partial charge in [0, 0.05) is 10.2 Å². The Kier molecular flexibility index (Phi) is 6.07. The highest BCUT2D eigenvalue weighted by atomic mass is 127. The van der Waals surface area contributed by atoms with E-state index in [0.29, 0.717) is 22.3 Å². The van der Waals surface area contributed by atoms with Gasteiger partial charge in [-0.15, -0.1) is 11.8 Å². The fourth-order valence-corrected chi connectivity index (χ4v) is 5.16. The number of nitrogens with zero attached hydrogens (tertiary/aromatic N) is 1. The molecule has 2 amide bonds. The van der Waals surface area contributed by atoms with Crippen LogP contribution in [0.25, 0.3) is 0 Å². The summed E-state index contributed by atoms with van der Waals surface area (Å²) in [6.45, 7) is 0.108. The third-order valence-corrected chi connectivity index (χ3v) is 6.44. The molecular formula is C17H17IN2O5S. The van der Waals surface area contributed by atoms with Gasteiger partial charge in [0.25, 0.3) is 5.91 Å². The fourth-order valence-electron chi connectivity index (χ4n) is 2.81. The number of halogens is 1. The zero-order chi connectivity index (χ0) is 18.7. The van der Waals surface area contributed by atoms with Crippen molar-refractivity contribution in [3.8, 4) is 5.75 Å². The molecule has 0 aromatic heterocycles. The minimum atomic E-state index is -0.586. The Morgan fingerprint density at radius 2 is 2.15 bits per heavy atom. The van der Waals surface area contributed by atoms with Gasteiger partial charge in [-0.05, 0) is 23.3 Å². The minimum absolute atomic E-state index is 0.108. The Morgan fingerprint density at radius 1 is 1.42 bits per heavy atom. The number of carbonyl (C=O) groups is 3. The van der Waals surface area contributed by atoms with E-state index in [9.17, 15) is 14.4 Å². The van der Waals surface area contributed by atoms with Gasteiger partial charge in [-0.3, -0.25) is 14.5 Å². The molecule has 0 aliphatic carbocycles. The molecule has 1 saturated heterocycles. The van der Waals surface area contributed by atoms with E-state index in [0.717, 1.165) is 16.9 Å². The molecule has 0 radical (unpaired) electrons. The Bertz CT molecular complexity index is 752. The number of ether oxygens (including phenoxy) is 2. The first-order valence-electron chi connectivity index (χ1n) is 7.83. The van der Waals surface area contributed by atoms with Crippen molar-refractivity contribution in [2.24, 2.45) is 0 Å². The van der Waals surface area contributed by atoms with Crippen LogP contribution in [0.3, 0.4) is 0 Å². The topological polar surface area (TPSA) is 84.9 Å². The smallest absolute Gasteiger partial charge is 0.355 e. The second-order valence-electron chi connectivity index (χ2n) is 5.68. The molecule has 0 spiro atoms. The number of methoxy groups -OCH3 is 1. The molecule has 9 heteroatoms. The summed E-state index contributed by atoms with van der Waals surface area (Å²) >= 11 is 3.71. The van der Waals surface area contributed by atoms with E-state index in [1.807, 2.05) is 12.1 Å². The molecule has 1 aromatic carbocycles. The van der Waals surface area contributed by atoms with E-state index in [2.05, 4.69) is 27.9 Å². The van der Waals surface area contributed by atoms with Crippen LogP contribution in [0.5, 0.6) is 5.75 Å². The number of nitrogens with one attached hydrogen (secondary N) is 1. The van der Waals surface area contributed by atoms with E-state index in [1.165, 1.54) is 16.7 Å². The number of hydrogen-bond acceptors (Lipinski definition) is 6. The van der Waals surface area contributed by atoms with Crippen molar-refractivity contribution in [1.82, 2.24) is 10.2 Å². The van der Waals surface area contributed by atoms with E-state index in [1.54, 1.807) is 19.2 Å². The van der Waals surface area contributed by atoms with E-state index >= 15 is 0 Å². The second kappa shape index (κ2) is 8.30. The highest BCUT2D eigenvalue weighted by Crippen LogP contribution is 2.41. The van der Waals surface area contributed by atoms with Crippen LogP contribution in [0.1, 0.15) is 5.56 Å². The number of amides is 2. The van der Waals surface area contributed by atoms with Gasteiger partial charge in [-0.25, -0.2) is 4.79 Å². The standard InChI is InChI=1S/C17H17IN2O5S/c1-24-12-4-2-10(3-5-12)7-25-17(23)14-11(6-18)8-26-16-13(19-9-21)15(22)20(14)16/h2-5,9,13,16H,6-8H2,1H3,(H,19,21)/t13-,16-/m1/s1. The lowest BCUT2D eigenvalue weighted by Gasteiger charge is -2.49. The van der Waals surface area contributed by atoms with Crippen LogP contribution < -0.4 is 10.1 Å². The third-order valence-electron chi connectivity index (χ3n) is 4.18. The number of β-lactam (4-membered cyclic amide) rings is 1. The maximum Gasteiger partial charge on any atom is 0.355 e. The molecule has 2 heterocycles. The SMILES string of the molecule is COc1ccc(COC(=O)C2=C(CI)CS[C@@H]3[C@H](NC=O)C(=O)N23)cc1. The summed E-state index contributed by atoms with van der Waals surface area (Å²) < 4.78 is 11.2. The molecule has 1 fully saturated rings. The van der Waals surface area contributed by atoms with Crippen molar-refractivity contribution in [3.63, 3.8) is 0 Å². The average Bonchev–Trinajstić information content (AvgIpc) is 2.69. The highest BCUT2D eigenvalue weighted by Gasteiger charge is 2.53. The van der Waals surface area contributed by atoms with Crippen molar-refractivity contribution in [1.29, 1.82) is 0 Å². The van der Waals surface area contributed by atoms with Gasteiger partial charge < -0.3 is 14.8 Å². The van der Waals surface area contributed by atoms with Gasteiger partial charge in [0.2, 0.25) is 6.41 Å². The molecule has 2 aliphatic heterocycles. The Hall–Kier alpha value is -1.75. The number of alkyl halides is 1. The van der Waals surface area contributed by atoms with Crippen LogP contribution in [0.15, 0.2) is 35.5 Å². The largest absolute Gasteiger partial charge is 0.497 e. The molecule has 1 N–H and O–H groups in total. The molecule has 0 bridgehead atoms. The third kappa shape index (κ3) is 3.54. The van der Waals surface area contributed by atoms with Gasteiger partial charge in [0.05, 0.1) is 7.11 Å². The lowest BCUT2D eigenvalue weighted by Crippen LogP contribution is -2.69. The number of carbonyl (C=O) groups excluding carboxylic acids is 3. The molecule has 7 nitrogen and oxygen atoms in total. The maximum atomic E-state index is 12.7. The fraction of sp³-hybridized carbons (Fsp3) is 0.353. The summed E-state index contributed by atoms with van der Waals surface area (Å²) in [5.74, 6) is 0.548. The van der Waals surface area contributed by atoms with Crippen LogP contribution in [0, 0.1) is 0 Å². The van der Waals surface area contributed by atoms with Crippen molar-refractivity contribution in [2.75, 3.05) is 17.3 Å². The lowest BCUT2D eigenvalue weighted by molar-refractivity contribution is -0.152. The van der Waals surface area contributed by atoms with Gasteiger partial charge in [0.1, 0.15) is 29.5 Å². The summed E-state index contributed by atoms with van der Waals surface area (Å²) in [6, 6.07) is 6.63. The van der Waals surface area contributed by atoms with Gasteiger partial charge in [0.15, 0.2) is 0 Å². The van der Waals surface area contributed by atoms with Crippen LogP contribution in [0.2, 0.25) is 0 Å². The molecule has 138 valence electrons. The normalized spacial score (nSPS) is 21.6. The summed E-state index contributed by atoms with van der Waals surface area (Å²) in [5.41, 5.74) is 2.00. The molecule has 26 heavy (non-hydrogen) atoms. The first-order valence-corrected chi connectivity index (χ1v) is 10.4. The predicted octanol–water partition coefficient (Wildman–Crippen LogP) is 1.46. The summed E-state index contributed by atoms with van der Waals surface area (Å²) in [6.07, 6.45) is 0.514. The number of benzene rings is 1. The quantitative estimate of drug-likeness (QED) is 0.206. The second-order valence-corrected chi connectivity index (χ2v) is 7.55. The van der Waals surface area contributed by atoms with Crippen molar-refractivity contribution in [3.05, 3.63) is 41.1 Å². The van der Waals surface area contributed by atoms with Crippen molar-refractivity contribution in [2.45, 2.75) is 18.0 Å². The zero-order valence-corrected chi connectivity index (χ0v) is 16.9. The maximum absolute atomic E-state index is 12.7. The monoisotopic (exact) mass is 488 g/mol. The molecule has 2 atom stereocenters. The van der Waals surface area contributed by atoms with Crippen LogP contribution >= 0.6 is 34.4 Å². The molecule has 0 saturated carbocycles. The number of thioether (sulfide) groups is 1. The summed E-state index contributed by atoms with van der Waals surface area (Å²) in [5, 5.41) is 2.25. The Labute approximate surface area is 168 Å². The zero-order valence-electron chi connectivity index (χ0n) is 13.9. The molecule has 0 unspecified atom stereocenters. The average molecular weight is 488 g/mol. The minimum Gasteiger partial charge on any atom is -0.497 e. The van der Waals surface area contributed by atoms with Crippen LogP contribution in [-0.4, -0.2) is 51.9 Å². The first-order chi connectivity index (χ1) is 12.6. The van der Waals surface area contributed by atoms with Gasteiger partial charge in [-0.2, -0.15) is 0 Å². The first kappa shape index (κ1) is 19.0. The Balaban J connectivity index is 1.72. The number of fused-ring (bicyclic) bond motifs is 1. The van der Waals surface area contributed by atoms with E-state index < -0.39 is 12.0 Å². The van der Waals surface area contributed by atoms with Crippen molar-refractivity contribution >= 4 is 52.6 Å². The number of rotatable bonds is 7.